The molecule has 0 saturated heterocycles. The highest BCUT2D eigenvalue weighted by Crippen LogP contribution is 2.37. The first-order valence-electron chi connectivity index (χ1n) is 11.1. The van der Waals surface area contributed by atoms with Crippen LogP contribution in [0, 0.1) is 0 Å². The van der Waals surface area contributed by atoms with Crippen LogP contribution in [0.25, 0.3) is 10.2 Å². The molecular weight excluding hydrogens is 352 g/mol. The molecule has 1 aromatic heterocycles. The van der Waals surface area contributed by atoms with E-state index in [1.165, 1.54) is 75.5 Å². The molecule has 1 heterocycles. The molecule has 0 spiro atoms. The maximum absolute atomic E-state index is 10.7. The van der Waals surface area contributed by atoms with Crippen LogP contribution in [-0.4, -0.2) is 10.1 Å². The lowest BCUT2D eigenvalue weighted by atomic mass is 9.99. The number of phenolic OH excluding ortho intramolecular Hbond substituents is 1. The Morgan fingerprint density at radius 3 is 2.04 bits per heavy atom. The van der Waals surface area contributed by atoms with Crippen molar-refractivity contribution in [1.82, 2.24) is 4.98 Å². The molecule has 0 fully saturated rings. The molecule has 3 nitrogen and oxygen atoms in total. The summed E-state index contributed by atoms with van der Waals surface area (Å²) in [6.07, 6.45) is 17.1. The molecule has 2 rings (SSSR count). The Morgan fingerprint density at radius 1 is 0.852 bits per heavy atom. The topological polar surface area (TPSA) is 59.1 Å². The molecule has 0 atom stereocenters. The number of anilines is 1. The minimum Gasteiger partial charge on any atom is -0.508 e. The average Bonchev–Trinajstić information content (AvgIpc) is 3.04. The number of aromatic hydroxyl groups is 1. The Bertz CT molecular complexity index is 681. The molecule has 3 N–H and O–H groups in total. The number of aryl methyl sites for hydroxylation is 2. The fourth-order valence-corrected chi connectivity index (χ4v) is 4.76. The minimum atomic E-state index is 0.445. The van der Waals surface area contributed by atoms with E-state index in [9.17, 15) is 5.11 Å². The first kappa shape index (κ1) is 22.0. The molecule has 1 aromatic carbocycles. The van der Waals surface area contributed by atoms with Gasteiger partial charge in [0.1, 0.15) is 5.75 Å². The molecular formula is C23H38N2OS. The third-order valence-electron chi connectivity index (χ3n) is 5.42. The summed E-state index contributed by atoms with van der Waals surface area (Å²) in [7, 11) is 0. The summed E-state index contributed by atoms with van der Waals surface area (Å²) in [5.41, 5.74) is 9.28. The first-order valence-corrected chi connectivity index (χ1v) is 11.9. The predicted molar refractivity (Wildman–Crippen MR) is 120 cm³/mol. The standard InChI is InChI=1S/C23H38N2OS/c1-3-5-7-9-11-13-15-18-17-20(26)19(16-14-12-10-8-6-4-2)22-21(18)25-23(24)27-22/h17,26H,3-16H2,1-2H3,(H2,24,25). The molecule has 0 unspecified atom stereocenters. The van der Waals surface area contributed by atoms with E-state index in [0.717, 1.165) is 47.0 Å². The first-order chi connectivity index (χ1) is 13.2. The number of unbranched alkanes of at least 4 members (excludes halogenated alkanes) is 10. The van der Waals surface area contributed by atoms with Crippen LogP contribution >= 0.6 is 11.3 Å². The monoisotopic (exact) mass is 390 g/mol. The number of rotatable bonds is 14. The van der Waals surface area contributed by atoms with Crippen molar-refractivity contribution in [3.05, 3.63) is 17.2 Å². The lowest BCUT2D eigenvalue weighted by molar-refractivity contribution is 0.466. The smallest absolute Gasteiger partial charge is 0.181 e. The SMILES string of the molecule is CCCCCCCCc1cc(O)c(CCCCCCCC)c2sc(N)nc12. The molecule has 27 heavy (non-hydrogen) atoms. The van der Waals surface area contributed by atoms with Gasteiger partial charge in [-0.2, -0.15) is 0 Å². The fourth-order valence-electron chi connectivity index (χ4n) is 3.81. The van der Waals surface area contributed by atoms with Crippen LogP contribution in [0.1, 0.15) is 102 Å². The second kappa shape index (κ2) is 12.2. The van der Waals surface area contributed by atoms with Crippen molar-refractivity contribution in [2.24, 2.45) is 0 Å². The highest BCUT2D eigenvalue weighted by atomic mass is 32.1. The van der Waals surface area contributed by atoms with Crippen molar-refractivity contribution >= 4 is 26.7 Å². The number of thiazole rings is 1. The van der Waals surface area contributed by atoms with Gasteiger partial charge < -0.3 is 10.8 Å². The van der Waals surface area contributed by atoms with Crippen LogP contribution in [0.15, 0.2) is 6.07 Å². The van der Waals surface area contributed by atoms with Crippen molar-refractivity contribution in [3.63, 3.8) is 0 Å². The van der Waals surface area contributed by atoms with E-state index in [1.807, 2.05) is 6.07 Å². The van der Waals surface area contributed by atoms with Crippen molar-refractivity contribution in [2.75, 3.05) is 5.73 Å². The fraction of sp³-hybridized carbons (Fsp3) is 0.696. The van der Waals surface area contributed by atoms with Crippen LogP contribution in [0.4, 0.5) is 5.13 Å². The third kappa shape index (κ3) is 6.99. The Morgan fingerprint density at radius 2 is 1.41 bits per heavy atom. The van der Waals surface area contributed by atoms with Crippen LogP contribution < -0.4 is 5.73 Å². The van der Waals surface area contributed by atoms with Crippen LogP contribution in [0.5, 0.6) is 5.75 Å². The Labute approximate surface area is 169 Å². The molecule has 0 aliphatic carbocycles. The summed E-state index contributed by atoms with van der Waals surface area (Å²) < 4.78 is 1.11. The van der Waals surface area contributed by atoms with Gasteiger partial charge in [0.15, 0.2) is 5.13 Å². The Hall–Kier alpha value is -1.29. The van der Waals surface area contributed by atoms with Gasteiger partial charge in [0.05, 0.1) is 10.2 Å². The van der Waals surface area contributed by atoms with Gasteiger partial charge in [0.2, 0.25) is 0 Å². The van der Waals surface area contributed by atoms with Crippen molar-refractivity contribution in [3.8, 4) is 5.75 Å². The van der Waals surface area contributed by atoms with Gasteiger partial charge >= 0.3 is 0 Å². The number of phenols is 1. The number of hydrogen-bond acceptors (Lipinski definition) is 4. The Balaban J connectivity index is 1.97. The number of nitrogens with two attached hydrogens (primary N) is 1. The molecule has 4 heteroatoms. The van der Waals surface area contributed by atoms with Crippen LogP contribution in [-0.2, 0) is 12.8 Å². The number of nitrogen functional groups attached to an aromatic ring is 1. The summed E-state index contributed by atoms with van der Waals surface area (Å²) in [4.78, 5) is 4.60. The summed E-state index contributed by atoms with van der Waals surface area (Å²) in [6.45, 7) is 4.49. The second-order valence-corrected chi connectivity index (χ2v) is 8.83. The average molecular weight is 391 g/mol. The summed E-state index contributed by atoms with van der Waals surface area (Å²) in [6, 6.07) is 1.96. The van der Waals surface area contributed by atoms with Gasteiger partial charge in [-0.3, -0.25) is 0 Å². The van der Waals surface area contributed by atoms with Crippen molar-refractivity contribution < 1.29 is 5.11 Å². The summed E-state index contributed by atoms with van der Waals surface area (Å²) in [5.74, 6) is 0.445. The van der Waals surface area contributed by atoms with E-state index in [1.54, 1.807) is 0 Å². The highest BCUT2D eigenvalue weighted by Gasteiger charge is 2.15. The van der Waals surface area contributed by atoms with Gasteiger partial charge in [-0.1, -0.05) is 89.4 Å². The zero-order chi connectivity index (χ0) is 19.5. The Kier molecular flexibility index (Phi) is 9.96. The highest BCUT2D eigenvalue weighted by molar-refractivity contribution is 7.22. The molecule has 2 aromatic rings. The molecule has 0 aliphatic rings. The number of hydrogen-bond donors (Lipinski definition) is 2. The summed E-state index contributed by atoms with van der Waals surface area (Å²) >= 11 is 1.54. The zero-order valence-electron chi connectivity index (χ0n) is 17.4. The quantitative estimate of drug-likeness (QED) is 0.331. The lowest BCUT2D eigenvalue weighted by Crippen LogP contribution is -1.94. The van der Waals surface area contributed by atoms with Gasteiger partial charge in [0.25, 0.3) is 0 Å². The molecule has 0 bridgehead atoms. The van der Waals surface area contributed by atoms with E-state index < -0.39 is 0 Å². The van der Waals surface area contributed by atoms with E-state index in [0.29, 0.717) is 10.9 Å². The third-order valence-corrected chi connectivity index (χ3v) is 6.37. The summed E-state index contributed by atoms with van der Waals surface area (Å²) in [5, 5.41) is 11.3. The maximum atomic E-state index is 10.7. The van der Waals surface area contributed by atoms with Crippen LogP contribution in [0.3, 0.4) is 0 Å². The van der Waals surface area contributed by atoms with Gasteiger partial charge in [-0.05, 0) is 37.3 Å². The molecule has 0 aliphatic heterocycles. The molecule has 0 amide bonds. The zero-order valence-corrected chi connectivity index (χ0v) is 18.2. The van der Waals surface area contributed by atoms with E-state index in [2.05, 4.69) is 18.8 Å². The van der Waals surface area contributed by atoms with E-state index >= 15 is 0 Å². The maximum Gasteiger partial charge on any atom is 0.181 e. The van der Waals surface area contributed by atoms with Gasteiger partial charge in [-0.25, -0.2) is 4.98 Å². The molecule has 0 saturated carbocycles. The normalized spacial score (nSPS) is 11.5. The van der Waals surface area contributed by atoms with Crippen LogP contribution in [0.2, 0.25) is 0 Å². The molecule has 152 valence electrons. The van der Waals surface area contributed by atoms with Crippen molar-refractivity contribution in [1.29, 1.82) is 0 Å². The van der Waals surface area contributed by atoms with E-state index in [4.69, 9.17) is 5.73 Å². The van der Waals surface area contributed by atoms with Gasteiger partial charge in [-0.15, -0.1) is 0 Å². The minimum absolute atomic E-state index is 0.445. The second-order valence-electron chi connectivity index (χ2n) is 7.80. The number of fused-ring (bicyclic) bond motifs is 1. The number of aromatic nitrogens is 1. The number of nitrogens with zero attached hydrogens (tertiary/aromatic N) is 1. The van der Waals surface area contributed by atoms with E-state index in [-0.39, 0.29) is 0 Å². The number of benzene rings is 1. The largest absolute Gasteiger partial charge is 0.508 e. The van der Waals surface area contributed by atoms with Gasteiger partial charge in [0, 0.05) is 5.56 Å². The van der Waals surface area contributed by atoms with Crippen molar-refractivity contribution in [2.45, 2.75) is 104 Å². The predicted octanol–water partition coefficient (Wildman–Crippen LogP) is 7.39. The lowest BCUT2D eigenvalue weighted by Gasteiger charge is -2.10. The molecule has 0 radical (unpaired) electrons.